The summed E-state index contributed by atoms with van der Waals surface area (Å²) in [5, 5.41) is 2.58. The summed E-state index contributed by atoms with van der Waals surface area (Å²) in [6.07, 6.45) is 0. The zero-order chi connectivity index (χ0) is 19.7. The number of hydrogen-bond donors (Lipinski definition) is 0. The summed E-state index contributed by atoms with van der Waals surface area (Å²) in [5.41, 5.74) is 2.48. The number of imidazole rings is 1. The van der Waals surface area contributed by atoms with E-state index in [-0.39, 0.29) is 0 Å². The molecule has 0 aliphatic carbocycles. The second-order valence-corrected chi connectivity index (χ2v) is 14.0. The van der Waals surface area contributed by atoms with Gasteiger partial charge in [0, 0.05) is 0 Å². The molecule has 0 amide bonds. The van der Waals surface area contributed by atoms with Crippen molar-refractivity contribution < 1.29 is 0 Å². The summed E-state index contributed by atoms with van der Waals surface area (Å²) in [7, 11) is 0. The van der Waals surface area contributed by atoms with Gasteiger partial charge in [-0.3, -0.25) is 0 Å². The van der Waals surface area contributed by atoms with Crippen molar-refractivity contribution in [3.63, 3.8) is 0 Å². The van der Waals surface area contributed by atoms with Crippen LogP contribution in [-0.2, 0) is 0 Å². The van der Waals surface area contributed by atoms with Crippen molar-refractivity contribution in [3.8, 4) is 5.69 Å². The minimum atomic E-state index is -2.02. The van der Waals surface area contributed by atoms with Crippen LogP contribution in [0.1, 0.15) is 11.4 Å². The van der Waals surface area contributed by atoms with Crippen LogP contribution in [0.3, 0.4) is 0 Å². The van der Waals surface area contributed by atoms with Crippen molar-refractivity contribution in [1.29, 1.82) is 0 Å². The van der Waals surface area contributed by atoms with Gasteiger partial charge < -0.3 is 0 Å². The van der Waals surface area contributed by atoms with E-state index in [0.29, 0.717) is 0 Å². The summed E-state index contributed by atoms with van der Waals surface area (Å²) < 4.78 is 3.56. The molecule has 3 aromatic carbocycles. The van der Waals surface area contributed by atoms with E-state index in [9.17, 15) is 0 Å². The Balaban J connectivity index is 2.06. The fourth-order valence-electron chi connectivity index (χ4n) is 3.36. The number of halogens is 1. The Bertz CT molecular complexity index is 1110. The van der Waals surface area contributed by atoms with Gasteiger partial charge in [-0.05, 0) is 0 Å². The number of benzene rings is 3. The quantitative estimate of drug-likeness (QED) is 0.205. The second-order valence-electron chi connectivity index (χ2n) is 6.67. The third-order valence-corrected chi connectivity index (χ3v) is 12.2. The molecule has 0 saturated carbocycles. The Labute approximate surface area is 187 Å². The Hall–Kier alpha value is -1.45. The average Bonchev–Trinajstić information content (AvgIpc) is 3.04. The van der Waals surface area contributed by atoms with E-state index in [1.807, 2.05) is 0 Å². The van der Waals surface area contributed by atoms with E-state index in [1.54, 1.807) is 0 Å². The third kappa shape index (κ3) is 3.48. The topological polar surface area (TPSA) is 17.8 Å². The second kappa shape index (κ2) is 8.12. The van der Waals surface area contributed by atoms with Gasteiger partial charge in [0.15, 0.2) is 0 Å². The summed E-state index contributed by atoms with van der Waals surface area (Å²) in [4.78, 5) is 5.11. The van der Waals surface area contributed by atoms with Crippen molar-refractivity contribution in [1.82, 2.24) is 9.55 Å². The fraction of sp³-hybridized carbons (Fsp3) is 0.0870. The van der Waals surface area contributed by atoms with Crippen molar-refractivity contribution in [2.24, 2.45) is 0 Å². The van der Waals surface area contributed by atoms with Crippen molar-refractivity contribution in [2.75, 3.05) is 0 Å². The van der Waals surface area contributed by atoms with Gasteiger partial charge in [-0.25, -0.2) is 0 Å². The van der Waals surface area contributed by atoms with Gasteiger partial charge in [0.05, 0.1) is 0 Å². The maximum atomic E-state index is 5.11. The first-order valence-corrected chi connectivity index (χ1v) is 14.1. The molecule has 0 N–H and O–H groups in total. The van der Waals surface area contributed by atoms with Crippen LogP contribution in [0.5, 0.6) is 0 Å². The molecule has 0 aliphatic heterocycles. The van der Waals surface area contributed by atoms with Crippen molar-refractivity contribution in [3.05, 3.63) is 99.9 Å². The van der Waals surface area contributed by atoms with Crippen LogP contribution >= 0.6 is 28.1 Å². The minimum absolute atomic E-state index is 1.07. The van der Waals surface area contributed by atoms with E-state index >= 15 is 0 Å². The van der Waals surface area contributed by atoms with E-state index in [4.69, 9.17) is 4.98 Å². The van der Waals surface area contributed by atoms with Crippen molar-refractivity contribution in [2.45, 2.75) is 13.8 Å². The van der Waals surface area contributed by atoms with Gasteiger partial charge in [-0.2, -0.15) is 0 Å². The molecule has 2 nitrogen and oxygen atoms in total. The number of aryl methyl sites for hydroxylation is 1. The first kappa shape index (κ1) is 19.8. The maximum absolute atomic E-state index is 5.11. The Kier molecular flexibility index (Phi) is 5.76. The molecule has 0 spiro atoms. The molecule has 0 bridgehead atoms. The molecule has 4 rings (SSSR count). The Morgan fingerprint density at radius 3 is 1.79 bits per heavy atom. The molecule has 1 aromatic heterocycles. The van der Waals surface area contributed by atoms with E-state index in [0.717, 1.165) is 16.9 Å². The Morgan fingerprint density at radius 1 is 0.786 bits per heavy atom. The first-order chi connectivity index (χ1) is 13.5. The van der Waals surface area contributed by atoms with Crippen LogP contribution in [0, 0.1) is 17.4 Å². The first-order valence-electron chi connectivity index (χ1n) is 9.05. The molecule has 1 heterocycles. The molecule has 28 heavy (non-hydrogen) atoms. The predicted octanol–water partition coefficient (Wildman–Crippen LogP) is 4.47. The van der Waals surface area contributed by atoms with Crippen LogP contribution < -0.4 is 16.2 Å². The third-order valence-electron chi connectivity index (χ3n) is 4.93. The number of rotatable bonds is 4. The number of aromatic nitrogens is 2. The molecule has 0 fully saturated rings. The summed E-state index contributed by atoms with van der Waals surface area (Å²) >= 11 is 5.98. The molecule has 0 saturated heterocycles. The number of nitrogens with zero attached hydrogens (tertiary/aromatic N) is 2. The van der Waals surface area contributed by atoms with Crippen LogP contribution in [0.4, 0.5) is 0 Å². The van der Waals surface area contributed by atoms with Crippen LogP contribution in [0.25, 0.3) is 5.69 Å². The van der Waals surface area contributed by atoms with E-state index in [1.165, 1.54) is 19.9 Å². The summed E-state index contributed by atoms with van der Waals surface area (Å²) in [6, 6.07) is 30.1. The summed E-state index contributed by atoms with van der Waals surface area (Å²) in [5.74, 6) is 0. The standard InChI is InChI=1S/C23H20IN2PSe/c1-17-18(2)26(20-15-13-19(24)14-16-20)23(25-17)27(28,21-9-5-3-6-10-21)22-11-7-4-8-12-22/h3-16H,1-2H3. The van der Waals surface area contributed by atoms with Gasteiger partial charge in [-0.15, -0.1) is 0 Å². The van der Waals surface area contributed by atoms with Gasteiger partial charge in [-0.1, -0.05) is 0 Å². The molecule has 140 valence electrons. The SMILES string of the molecule is Cc1nc(P(=[Se])(c2ccccc2)c2ccccc2)n(-c2ccc(I)cc2)c1C. The number of hydrogen-bond acceptors (Lipinski definition) is 1. The van der Waals surface area contributed by atoms with E-state index in [2.05, 4.69) is 141 Å². The van der Waals surface area contributed by atoms with Crippen LogP contribution in [0.15, 0.2) is 84.9 Å². The Morgan fingerprint density at radius 2 is 1.29 bits per heavy atom. The molecular weight excluding hydrogens is 541 g/mol. The van der Waals surface area contributed by atoms with Crippen LogP contribution in [0.2, 0.25) is 0 Å². The van der Waals surface area contributed by atoms with Gasteiger partial charge in [0.2, 0.25) is 0 Å². The van der Waals surface area contributed by atoms with Gasteiger partial charge in [0.25, 0.3) is 0 Å². The van der Waals surface area contributed by atoms with Gasteiger partial charge in [0.1, 0.15) is 0 Å². The average molecular weight is 561 g/mol. The molecule has 0 atom stereocenters. The monoisotopic (exact) mass is 562 g/mol. The van der Waals surface area contributed by atoms with Gasteiger partial charge >= 0.3 is 188 Å². The molecule has 5 heteroatoms. The van der Waals surface area contributed by atoms with Crippen molar-refractivity contribution >= 4 is 59.4 Å². The normalized spacial score (nSPS) is 11.5. The van der Waals surface area contributed by atoms with Crippen LogP contribution in [-0.4, -0.2) is 24.6 Å². The molecule has 0 aliphatic rings. The van der Waals surface area contributed by atoms with E-state index < -0.39 is 5.51 Å². The molecule has 4 aromatic rings. The predicted molar refractivity (Wildman–Crippen MR) is 130 cm³/mol. The molecule has 0 unspecified atom stereocenters. The zero-order valence-corrected chi connectivity index (χ0v) is 20.5. The molecule has 0 radical (unpaired) electrons. The molecular formula is C23H20IN2PSe. The fourth-order valence-corrected chi connectivity index (χ4v) is 8.80. The summed E-state index contributed by atoms with van der Waals surface area (Å²) in [6.45, 7) is 4.26. The zero-order valence-electron chi connectivity index (χ0n) is 15.7.